The summed E-state index contributed by atoms with van der Waals surface area (Å²) in [5, 5.41) is 6.86. The molecule has 158 valence electrons. The average Bonchev–Trinajstić information content (AvgIpc) is 3.23. The van der Waals surface area contributed by atoms with Crippen LogP contribution in [0.5, 0.6) is 5.75 Å². The minimum atomic E-state index is -0.174. The lowest BCUT2D eigenvalue weighted by atomic mass is 10.1. The summed E-state index contributed by atoms with van der Waals surface area (Å²) in [5.41, 5.74) is 4.68. The third kappa shape index (κ3) is 4.76. The Kier molecular flexibility index (Phi) is 6.60. The molecule has 0 aliphatic rings. The molecule has 31 heavy (non-hydrogen) atoms. The van der Waals surface area contributed by atoms with Crippen molar-refractivity contribution in [3.63, 3.8) is 0 Å². The number of anilines is 1. The molecule has 0 saturated carbocycles. The Hall–Kier alpha value is -3.22. The summed E-state index contributed by atoms with van der Waals surface area (Å²) in [4.78, 5) is 17.4. The molecule has 0 aliphatic heterocycles. The van der Waals surface area contributed by atoms with Crippen molar-refractivity contribution < 1.29 is 9.53 Å². The predicted octanol–water partition coefficient (Wildman–Crippen LogP) is 5.72. The Morgan fingerprint density at radius 3 is 2.52 bits per heavy atom. The molecule has 0 saturated heterocycles. The molecule has 1 aromatic heterocycles. The zero-order valence-corrected chi connectivity index (χ0v) is 18.5. The fourth-order valence-corrected chi connectivity index (χ4v) is 4.41. The van der Waals surface area contributed by atoms with Crippen LogP contribution in [-0.4, -0.2) is 24.5 Å². The molecule has 0 fully saturated rings. The highest BCUT2D eigenvalue weighted by Crippen LogP contribution is 2.39. The smallest absolute Gasteiger partial charge is 0.257 e. The van der Waals surface area contributed by atoms with E-state index in [4.69, 9.17) is 4.74 Å². The van der Waals surface area contributed by atoms with E-state index in [1.54, 1.807) is 7.11 Å². The van der Waals surface area contributed by atoms with E-state index in [2.05, 4.69) is 34.7 Å². The number of carbonyl (C=O) groups is 1. The Labute approximate surface area is 186 Å². The number of ether oxygens (including phenoxy) is 1. The third-order valence-electron chi connectivity index (χ3n) is 5.00. The first-order chi connectivity index (χ1) is 15.2. The van der Waals surface area contributed by atoms with Crippen molar-refractivity contribution >= 4 is 32.6 Å². The number of hydrogen-bond donors (Lipinski definition) is 2. The van der Waals surface area contributed by atoms with E-state index in [0.717, 1.165) is 46.4 Å². The molecule has 5 nitrogen and oxygen atoms in total. The van der Waals surface area contributed by atoms with Crippen molar-refractivity contribution in [2.45, 2.75) is 19.9 Å². The summed E-state index contributed by atoms with van der Waals surface area (Å²) in [7, 11) is 1.63. The lowest BCUT2D eigenvalue weighted by Crippen LogP contribution is -2.14. The highest BCUT2D eigenvalue weighted by molar-refractivity contribution is 7.23. The number of amides is 1. The Morgan fingerprint density at radius 1 is 1.03 bits per heavy atom. The van der Waals surface area contributed by atoms with E-state index in [1.165, 1.54) is 11.3 Å². The number of fused-ring (bicyclic) bond motifs is 1. The summed E-state index contributed by atoms with van der Waals surface area (Å²) in [6, 6.07) is 21.8. The normalized spacial score (nSPS) is 10.9. The molecule has 1 heterocycles. The van der Waals surface area contributed by atoms with Gasteiger partial charge in [0.2, 0.25) is 0 Å². The van der Waals surface area contributed by atoms with Gasteiger partial charge >= 0.3 is 0 Å². The summed E-state index contributed by atoms with van der Waals surface area (Å²) >= 11 is 1.45. The van der Waals surface area contributed by atoms with Gasteiger partial charge in [-0.25, -0.2) is 4.98 Å². The first kappa shape index (κ1) is 21.0. The van der Waals surface area contributed by atoms with Crippen molar-refractivity contribution in [2.75, 3.05) is 19.0 Å². The van der Waals surface area contributed by atoms with Gasteiger partial charge in [-0.1, -0.05) is 60.7 Å². The van der Waals surface area contributed by atoms with E-state index < -0.39 is 0 Å². The number of carbonyl (C=O) groups excluding carboxylic acids is 1. The first-order valence-electron chi connectivity index (χ1n) is 10.3. The van der Waals surface area contributed by atoms with Gasteiger partial charge in [-0.15, -0.1) is 0 Å². The van der Waals surface area contributed by atoms with Crippen LogP contribution in [0.2, 0.25) is 0 Å². The van der Waals surface area contributed by atoms with Crippen LogP contribution < -0.4 is 15.4 Å². The molecular weight excluding hydrogens is 406 g/mol. The van der Waals surface area contributed by atoms with E-state index in [0.29, 0.717) is 16.4 Å². The number of hydrogen-bond acceptors (Lipinski definition) is 5. The van der Waals surface area contributed by atoms with Crippen LogP contribution in [0, 0.1) is 0 Å². The van der Waals surface area contributed by atoms with Gasteiger partial charge in [-0.2, -0.15) is 0 Å². The summed E-state index contributed by atoms with van der Waals surface area (Å²) in [6.45, 7) is 3.92. The van der Waals surface area contributed by atoms with Crippen LogP contribution in [0.25, 0.3) is 21.3 Å². The molecule has 0 atom stereocenters. The molecule has 6 heteroatoms. The van der Waals surface area contributed by atoms with Gasteiger partial charge in [-0.05, 0) is 48.4 Å². The minimum Gasteiger partial charge on any atom is -0.494 e. The maximum atomic E-state index is 12.8. The van der Waals surface area contributed by atoms with Crippen molar-refractivity contribution in [1.29, 1.82) is 0 Å². The Morgan fingerprint density at radius 2 is 1.81 bits per heavy atom. The van der Waals surface area contributed by atoms with Crippen LogP contribution in [0.15, 0.2) is 66.7 Å². The predicted molar refractivity (Wildman–Crippen MR) is 128 cm³/mol. The van der Waals surface area contributed by atoms with Crippen LogP contribution >= 0.6 is 11.3 Å². The molecule has 0 bridgehead atoms. The lowest BCUT2D eigenvalue weighted by molar-refractivity contribution is 0.102. The van der Waals surface area contributed by atoms with Gasteiger partial charge in [-0.3, -0.25) is 10.1 Å². The van der Waals surface area contributed by atoms with Gasteiger partial charge < -0.3 is 10.1 Å². The zero-order chi connectivity index (χ0) is 21.6. The molecule has 2 N–H and O–H groups in total. The topological polar surface area (TPSA) is 63.2 Å². The standard InChI is InChI=1S/C25H25N3O2S/c1-3-15-26-16-17-9-11-19(12-10-17)24(29)28-25-27-22-21(30-2)14-13-20(23(22)31-25)18-7-5-4-6-8-18/h4-14,26H,3,15-16H2,1-2H3,(H,27,28,29). The van der Waals surface area contributed by atoms with Gasteiger partial charge in [0.15, 0.2) is 5.13 Å². The van der Waals surface area contributed by atoms with Gasteiger partial charge in [0.05, 0.1) is 11.8 Å². The summed E-state index contributed by atoms with van der Waals surface area (Å²) < 4.78 is 6.48. The highest BCUT2D eigenvalue weighted by atomic mass is 32.1. The largest absolute Gasteiger partial charge is 0.494 e. The third-order valence-corrected chi connectivity index (χ3v) is 6.01. The summed E-state index contributed by atoms with van der Waals surface area (Å²) in [5.74, 6) is 0.516. The Balaban J connectivity index is 1.58. The van der Waals surface area contributed by atoms with E-state index in [9.17, 15) is 4.79 Å². The molecule has 0 aliphatic carbocycles. The Bertz CT molecular complexity index is 1170. The van der Waals surface area contributed by atoms with Gasteiger partial charge in [0, 0.05) is 17.7 Å². The molecular formula is C25H25N3O2S. The summed E-state index contributed by atoms with van der Waals surface area (Å²) in [6.07, 6.45) is 1.10. The van der Waals surface area contributed by atoms with Gasteiger partial charge in [0.25, 0.3) is 5.91 Å². The van der Waals surface area contributed by atoms with Crippen LogP contribution in [0.4, 0.5) is 5.13 Å². The number of rotatable bonds is 8. The molecule has 0 unspecified atom stereocenters. The minimum absolute atomic E-state index is 0.174. The second-order valence-electron chi connectivity index (χ2n) is 7.21. The average molecular weight is 432 g/mol. The number of thiazole rings is 1. The quantitative estimate of drug-likeness (QED) is 0.350. The monoisotopic (exact) mass is 431 g/mol. The lowest BCUT2D eigenvalue weighted by Gasteiger charge is -2.05. The van der Waals surface area contributed by atoms with E-state index in [1.807, 2.05) is 54.6 Å². The van der Waals surface area contributed by atoms with Crippen LogP contribution in [0.3, 0.4) is 0 Å². The molecule has 0 spiro atoms. The zero-order valence-electron chi connectivity index (χ0n) is 17.6. The number of methoxy groups -OCH3 is 1. The maximum Gasteiger partial charge on any atom is 0.257 e. The van der Waals surface area contributed by atoms with Crippen LogP contribution in [-0.2, 0) is 6.54 Å². The molecule has 4 aromatic rings. The maximum absolute atomic E-state index is 12.8. The number of nitrogens with zero attached hydrogens (tertiary/aromatic N) is 1. The molecule has 0 radical (unpaired) electrons. The first-order valence-corrected chi connectivity index (χ1v) is 11.1. The molecule has 1 amide bonds. The van der Waals surface area contributed by atoms with E-state index >= 15 is 0 Å². The number of aromatic nitrogens is 1. The highest BCUT2D eigenvalue weighted by Gasteiger charge is 2.16. The van der Waals surface area contributed by atoms with Crippen molar-refractivity contribution in [3.05, 3.63) is 77.9 Å². The second kappa shape index (κ2) is 9.73. The molecule has 3 aromatic carbocycles. The van der Waals surface area contributed by atoms with Crippen molar-refractivity contribution in [2.24, 2.45) is 0 Å². The van der Waals surface area contributed by atoms with Gasteiger partial charge in [0.1, 0.15) is 11.3 Å². The SMILES string of the molecule is CCCNCc1ccc(C(=O)Nc2nc3c(OC)ccc(-c4ccccc4)c3s2)cc1. The van der Waals surface area contributed by atoms with Crippen molar-refractivity contribution in [1.82, 2.24) is 10.3 Å². The van der Waals surface area contributed by atoms with Crippen LogP contribution in [0.1, 0.15) is 29.3 Å². The fraction of sp³-hybridized carbons (Fsp3) is 0.200. The fourth-order valence-electron chi connectivity index (χ4n) is 3.40. The number of nitrogens with one attached hydrogen (secondary N) is 2. The second-order valence-corrected chi connectivity index (χ2v) is 8.21. The van der Waals surface area contributed by atoms with Crippen molar-refractivity contribution in [3.8, 4) is 16.9 Å². The van der Waals surface area contributed by atoms with E-state index in [-0.39, 0.29) is 5.91 Å². The molecule has 4 rings (SSSR count). The number of benzene rings is 3.